The van der Waals surface area contributed by atoms with E-state index in [1.807, 2.05) is 13.8 Å². The second-order valence-electron chi connectivity index (χ2n) is 6.03. The number of quaternary nitrogens is 1. The van der Waals surface area contributed by atoms with Crippen LogP contribution in [0.5, 0.6) is 0 Å². The number of sulfonamides is 1. The molecule has 1 saturated heterocycles. The summed E-state index contributed by atoms with van der Waals surface area (Å²) >= 11 is 0. The van der Waals surface area contributed by atoms with Gasteiger partial charge in [0.1, 0.15) is 25.3 Å². The van der Waals surface area contributed by atoms with Crippen molar-refractivity contribution in [2.24, 2.45) is 5.14 Å². The van der Waals surface area contributed by atoms with Gasteiger partial charge in [0.15, 0.2) is 0 Å². The van der Waals surface area contributed by atoms with Crippen molar-refractivity contribution < 1.29 is 22.8 Å². The number of anilines is 1. The van der Waals surface area contributed by atoms with Crippen molar-refractivity contribution in [1.29, 1.82) is 0 Å². The Kier molecular flexibility index (Phi) is 5.74. The largest absolute Gasteiger partial charge is 0.364 e. The van der Waals surface area contributed by atoms with E-state index < -0.39 is 10.0 Å². The fourth-order valence-electron chi connectivity index (χ4n) is 2.84. The predicted molar refractivity (Wildman–Crippen MR) is 86.6 cm³/mol. The number of nitrogens with two attached hydrogens (primary N) is 1. The number of amides is 1. The Balaban J connectivity index is 1.83. The molecule has 8 heteroatoms. The lowest BCUT2D eigenvalue weighted by atomic mass is 10.2. The first-order chi connectivity index (χ1) is 10.7. The molecule has 0 unspecified atom stereocenters. The van der Waals surface area contributed by atoms with E-state index in [1.165, 1.54) is 29.2 Å². The normalized spacial score (nSPS) is 25.1. The first-order valence-electron chi connectivity index (χ1n) is 7.66. The first-order valence-corrected chi connectivity index (χ1v) is 9.20. The van der Waals surface area contributed by atoms with Crippen LogP contribution >= 0.6 is 0 Å². The van der Waals surface area contributed by atoms with E-state index in [9.17, 15) is 13.2 Å². The van der Waals surface area contributed by atoms with Crippen molar-refractivity contribution in [1.82, 2.24) is 0 Å². The highest BCUT2D eigenvalue weighted by atomic mass is 32.2. The van der Waals surface area contributed by atoms with Crippen LogP contribution in [0.25, 0.3) is 0 Å². The van der Waals surface area contributed by atoms with Crippen LogP contribution in [0.1, 0.15) is 20.3 Å². The van der Waals surface area contributed by atoms with Crippen LogP contribution < -0.4 is 15.4 Å². The molecule has 1 fully saturated rings. The highest BCUT2D eigenvalue weighted by Crippen LogP contribution is 2.12. The van der Waals surface area contributed by atoms with E-state index in [2.05, 4.69) is 5.32 Å². The van der Waals surface area contributed by atoms with Gasteiger partial charge in [-0.05, 0) is 38.1 Å². The molecule has 1 amide bonds. The predicted octanol–water partition coefficient (Wildman–Crippen LogP) is -0.645. The summed E-state index contributed by atoms with van der Waals surface area (Å²) in [4.78, 5) is 13.4. The molecule has 1 aliphatic rings. The van der Waals surface area contributed by atoms with Gasteiger partial charge in [0, 0.05) is 5.69 Å². The zero-order valence-electron chi connectivity index (χ0n) is 13.4. The summed E-state index contributed by atoms with van der Waals surface area (Å²) in [6.07, 6.45) is 0.830. The van der Waals surface area contributed by atoms with E-state index in [0.717, 1.165) is 19.6 Å². The summed E-state index contributed by atoms with van der Waals surface area (Å²) in [7, 11) is -3.71. The molecule has 0 spiro atoms. The van der Waals surface area contributed by atoms with Gasteiger partial charge in [-0.2, -0.15) is 0 Å². The van der Waals surface area contributed by atoms with Crippen molar-refractivity contribution >= 4 is 21.6 Å². The summed E-state index contributed by atoms with van der Waals surface area (Å²) in [6.45, 7) is 6.64. The highest BCUT2D eigenvalue weighted by Gasteiger charge is 2.25. The molecule has 2 atom stereocenters. The van der Waals surface area contributed by atoms with Crippen LogP contribution in [-0.2, 0) is 19.6 Å². The monoisotopic (exact) mass is 342 g/mol. The minimum Gasteiger partial charge on any atom is -0.364 e. The molecule has 0 aliphatic carbocycles. The molecule has 0 aromatic heterocycles. The van der Waals surface area contributed by atoms with Crippen molar-refractivity contribution in [2.75, 3.05) is 25.0 Å². The van der Waals surface area contributed by atoms with Gasteiger partial charge < -0.3 is 15.0 Å². The lowest BCUT2D eigenvalue weighted by Crippen LogP contribution is -3.15. The molecule has 0 saturated carbocycles. The maximum atomic E-state index is 12.0. The standard InChI is InChI=1S/C15H23N3O4S/c1-11-9-18(10-12(2)22-11)8-7-15(19)17-13-3-5-14(6-4-13)23(16,20)21/h3-6,11-12H,7-10H2,1-2H3,(H,17,19)(H2,16,20,21)/p+1/t11-,12-/m1/s1. The number of morpholine rings is 1. The van der Waals surface area contributed by atoms with E-state index in [1.54, 1.807) is 0 Å². The number of primary sulfonamides is 1. The molecule has 128 valence electrons. The summed E-state index contributed by atoms with van der Waals surface area (Å²) in [5, 5.41) is 7.80. The average Bonchev–Trinajstić information content (AvgIpc) is 2.44. The van der Waals surface area contributed by atoms with Gasteiger partial charge in [-0.15, -0.1) is 0 Å². The van der Waals surface area contributed by atoms with Gasteiger partial charge in [-0.3, -0.25) is 4.79 Å². The third-order valence-electron chi connectivity index (χ3n) is 3.79. The van der Waals surface area contributed by atoms with Gasteiger partial charge in [-0.1, -0.05) is 0 Å². The number of rotatable bonds is 5. The van der Waals surface area contributed by atoms with Crippen LogP contribution in [0.2, 0.25) is 0 Å². The van der Waals surface area contributed by atoms with Gasteiger partial charge in [0.2, 0.25) is 15.9 Å². The maximum Gasteiger partial charge on any atom is 0.238 e. The molecule has 2 rings (SSSR count). The number of carbonyl (C=O) groups excluding carboxylic acids is 1. The van der Waals surface area contributed by atoms with Crippen LogP contribution in [0.4, 0.5) is 5.69 Å². The lowest BCUT2D eigenvalue weighted by molar-refractivity contribution is -0.914. The Morgan fingerprint density at radius 2 is 1.83 bits per heavy atom. The molecule has 0 bridgehead atoms. The van der Waals surface area contributed by atoms with Crippen LogP contribution in [0.3, 0.4) is 0 Å². The molecular weight excluding hydrogens is 318 g/mol. The van der Waals surface area contributed by atoms with Gasteiger partial charge in [0.25, 0.3) is 0 Å². The molecule has 0 radical (unpaired) electrons. The van der Waals surface area contributed by atoms with E-state index in [-0.39, 0.29) is 23.0 Å². The van der Waals surface area contributed by atoms with Crippen LogP contribution in [-0.4, -0.2) is 46.2 Å². The Hall–Kier alpha value is -1.48. The quantitative estimate of drug-likeness (QED) is 0.662. The average molecular weight is 342 g/mol. The molecule has 1 aliphatic heterocycles. The highest BCUT2D eigenvalue weighted by molar-refractivity contribution is 7.89. The number of carbonyl (C=O) groups is 1. The third kappa shape index (κ3) is 5.58. The van der Waals surface area contributed by atoms with E-state index in [4.69, 9.17) is 9.88 Å². The van der Waals surface area contributed by atoms with E-state index in [0.29, 0.717) is 12.1 Å². The second-order valence-corrected chi connectivity index (χ2v) is 7.59. The summed E-state index contributed by atoms with van der Waals surface area (Å²) in [6, 6.07) is 5.82. The van der Waals surface area contributed by atoms with Crippen molar-refractivity contribution in [3.05, 3.63) is 24.3 Å². The SMILES string of the molecule is C[C@@H]1C[NH+](CCC(=O)Nc2ccc(S(N)(=O)=O)cc2)C[C@@H](C)O1. The summed E-state index contributed by atoms with van der Waals surface area (Å²) < 4.78 is 28.0. The number of hydrogen-bond donors (Lipinski definition) is 3. The Labute approximate surface area is 136 Å². The topological polar surface area (TPSA) is 103 Å². The number of hydrogen-bond acceptors (Lipinski definition) is 4. The summed E-state index contributed by atoms with van der Waals surface area (Å²) in [5.74, 6) is -0.0901. The molecule has 4 N–H and O–H groups in total. The second kappa shape index (κ2) is 7.39. The Morgan fingerprint density at radius 3 is 2.35 bits per heavy atom. The zero-order valence-corrected chi connectivity index (χ0v) is 14.2. The minimum absolute atomic E-state index is 0.0243. The molecule has 7 nitrogen and oxygen atoms in total. The van der Waals surface area contributed by atoms with Crippen LogP contribution in [0, 0.1) is 0 Å². The maximum absolute atomic E-state index is 12.0. The number of ether oxygens (including phenoxy) is 1. The number of benzene rings is 1. The fourth-order valence-corrected chi connectivity index (χ4v) is 3.35. The van der Waals surface area contributed by atoms with Crippen molar-refractivity contribution in [3.8, 4) is 0 Å². The number of nitrogens with one attached hydrogen (secondary N) is 2. The third-order valence-corrected chi connectivity index (χ3v) is 4.72. The Morgan fingerprint density at radius 1 is 1.26 bits per heavy atom. The fraction of sp³-hybridized carbons (Fsp3) is 0.533. The first kappa shape index (κ1) is 17.9. The van der Waals surface area contributed by atoms with Gasteiger partial charge in [0.05, 0.1) is 17.9 Å². The van der Waals surface area contributed by atoms with Crippen molar-refractivity contribution in [3.63, 3.8) is 0 Å². The van der Waals surface area contributed by atoms with Crippen LogP contribution in [0.15, 0.2) is 29.2 Å². The van der Waals surface area contributed by atoms with E-state index >= 15 is 0 Å². The van der Waals surface area contributed by atoms with Gasteiger partial charge >= 0.3 is 0 Å². The molecule has 1 heterocycles. The molecule has 23 heavy (non-hydrogen) atoms. The minimum atomic E-state index is -3.71. The molecular formula is C15H24N3O4S+. The Bertz CT molecular complexity index is 635. The summed E-state index contributed by atoms with van der Waals surface area (Å²) in [5.41, 5.74) is 0.557. The lowest BCUT2D eigenvalue weighted by Gasteiger charge is -2.32. The smallest absolute Gasteiger partial charge is 0.238 e. The molecule has 1 aromatic carbocycles. The zero-order chi connectivity index (χ0) is 17.0. The molecule has 1 aromatic rings. The van der Waals surface area contributed by atoms with Crippen molar-refractivity contribution in [2.45, 2.75) is 37.4 Å². The van der Waals surface area contributed by atoms with Gasteiger partial charge in [-0.25, -0.2) is 13.6 Å².